The van der Waals surface area contributed by atoms with E-state index in [0.29, 0.717) is 0 Å². The van der Waals surface area contributed by atoms with E-state index < -0.39 is 0 Å². The number of carbonyl (C=O) groups excluding carboxylic acids is 1. The summed E-state index contributed by atoms with van der Waals surface area (Å²) in [5.41, 5.74) is 3.31. The lowest BCUT2D eigenvalue weighted by Crippen LogP contribution is -2.32. The predicted molar refractivity (Wildman–Crippen MR) is 122 cm³/mol. The summed E-state index contributed by atoms with van der Waals surface area (Å²) >= 11 is 1.73. The van der Waals surface area contributed by atoms with E-state index in [1.165, 1.54) is 44.1 Å². The molecule has 0 aliphatic carbocycles. The Kier molecular flexibility index (Phi) is 7.79. The number of aryl methyl sites for hydroxylation is 1. The first kappa shape index (κ1) is 20.7. The lowest BCUT2D eigenvalue weighted by molar-refractivity contribution is -0.114. The molecule has 0 spiro atoms. The van der Waals surface area contributed by atoms with Gasteiger partial charge < -0.3 is 0 Å². The third-order valence-electron chi connectivity index (χ3n) is 5.19. The van der Waals surface area contributed by atoms with Gasteiger partial charge in [0.2, 0.25) is 0 Å². The molecule has 1 heterocycles. The van der Waals surface area contributed by atoms with Crippen molar-refractivity contribution < 1.29 is 4.79 Å². The summed E-state index contributed by atoms with van der Waals surface area (Å²) in [6, 6.07) is 18.5. The Bertz CT molecular complexity index is 782. The predicted octanol–water partition coefficient (Wildman–Crippen LogP) is 7.19. The van der Waals surface area contributed by atoms with Crippen LogP contribution in [0.1, 0.15) is 63.0 Å². The van der Waals surface area contributed by atoms with Gasteiger partial charge in [0.15, 0.2) is 0 Å². The average Bonchev–Trinajstić information content (AvgIpc) is 3.01. The molecule has 3 heteroatoms. The highest BCUT2D eigenvalue weighted by Gasteiger charge is 2.36. The summed E-state index contributed by atoms with van der Waals surface area (Å²) in [5, 5.41) is 0.191. The van der Waals surface area contributed by atoms with Gasteiger partial charge in [0.25, 0.3) is 5.91 Å². The molecule has 1 aliphatic rings. The van der Waals surface area contributed by atoms with Crippen molar-refractivity contribution in [1.82, 2.24) is 0 Å². The molecule has 1 amide bonds. The van der Waals surface area contributed by atoms with E-state index in [9.17, 15) is 4.79 Å². The van der Waals surface area contributed by atoms with Gasteiger partial charge in [0.1, 0.15) is 0 Å². The third kappa shape index (κ3) is 5.51. The Morgan fingerprint density at radius 1 is 0.929 bits per heavy atom. The molecule has 3 rings (SSSR count). The molecular formula is C25H31NOS. The first-order chi connectivity index (χ1) is 13.7. The molecule has 2 nitrogen and oxygen atoms in total. The molecule has 0 saturated carbocycles. The second-order valence-electron chi connectivity index (χ2n) is 7.56. The molecule has 0 bridgehead atoms. The number of hydrogen-bond acceptors (Lipinski definition) is 2. The summed E-state index contributed by atoms with van der Waals surface area (Å²) < 4.78 is 0. The van der Waals surface area contributed by atoms with E-state index in [2.05, 4.69) is 50.2 Å². The summed E-state index contributed by atoms with van der Waals surface area (Å²) in [6.07, 6.45) is 10.8. The molecule has 1 aliphatic heterocycles. The normalized spacial score (nSPS) is 18.2. The Balaban J connectivity index is 1.73. The summed E-state index contributed by atoms with van der Waals surface area (Å²) in [6.45, 7) is 4.33. The topological polar surface area (TPSA) is 20.3 Å². The maximum Gasteiger partial charge on any atom is 0.265 e. The number of amides is 1. The second kappa shape index (κ2) is 10.5. The van der Waals surface area contributed by atoms with Gasteiger partial charge in [-0.3, -0.25) is 9.69 Å². The van der Waals surface area contributed by atoms with Crippen molar-refractivity contribution in [2.45, 2.75) is 64.2 Å². The van der Waals surface area contributed by atoms with Gasteiger partial charge in [0, 0.05) is 5.69 Å². The summed E-state index contributed by atoms with van der Waals surface area (Å²) in [7, 11) is 0. The highest BCUT2D eigenvalue weighted by Crippen LogP contribution is 2.41. The van der Waals surface area contributed by atoms with E-state index >= 15 is 0 Å². The van der Waals surface area contributed by atoms with Crippen LogP contribution in [0.2, 0.25) is 0 Å². The van der Waals surface area contributed by atoms with Crippen molar-refractivity contribution in [3.8, 4) is 0 Å². The fraction of sp³-hybridized carbons (Fsp3) is 0.400. The van der Waals surface area contributed by atoms with Gasteiger partial charge in [-0.25, -0.2) is 0 Å². The van der Waals surface area contributed by atoms with E-state index in [-0.39, 0.29) is 11.3 Å². The van der Waals surface area contributed by atoms with Gasteiger partial charge in [-0.2, -0.15) is 0 Å². The fourth-order valence-corrected chi connectivity index (χ4v) is 4.88. The minimum Gasteiger partial charge on any atom is -0.295 e. The van der Waals surface area contributed by atoms with Crippen molar-refractivity contribution >= 4 is 29.4 Å². The lowest BCUT2D eigenvalue weighted by Gasteiger charge is -2.23. The van der Waals surface area contributed by atoms with Crippen molar-refractivity contribution in [2.75, 3.05) is 4.90 Å². The number of thioether (sulfide) groups is 1. The molecule has 0 aromatic heterocycles. The minimum absolute atomic E-state index is 0.133. The van der Waals surface area contributed by atoms with E-state index in [0.717, 1.165) is 22.6 Å². The lowest BCUT2D eigenvalue weighted by atomic mass is 10.1. The van der Waals surface area contributed by atoms with Gasteiger partial charge >= 0.3 is 0 Å². The van der Waals surface area contributed by atoms with E-state index in [1.54, 1.807) is 11.8 Å². The zero-order valence-corrected chi connectivity index (χ0v) is 17.9. The maximum absolute atomic E-state index is 13.2. The minimum atomic E-state index is 0.133. The Labute approximate surface area is 174 Å². The Morgan fingerprint density at radius 3 is 2.32 bits per heavy atom. The van der Waals surface area contributed by atoms with Crippen LogP contribution >= 0.6 is 11.8 Å². The van der Waals surface area contributed by atoms with Gasteiger partial charge in [-0.1, -0.05) is 105 Å². The van der Waals surface area contributed by atoms with Gasteiger partial charge in [-0.15, -0.1) is 0 Å². The molecule has 0 N–H and O–H groups in total. The van der Waals surface area contributed by atoms with Crippen molar-refractivity contribution in [1.29, 1.82) is 0 Å². The fourth-order valence-electron chi connectivity index (χ4n) is 3.57. The number of anilines is 1. The molecule has 1 fully saturated rings. The van der Waals surface area contributed by atoms with Crippen LogP contribution < -0.4 is 4.90 Å². The van der Waals surface area contributed by atoms with Crippen molar-refractivity contribution in [2.24, 2.45) is 0 Å². The van der Waals surface area contributed by atoms with Crippen molar-refractivity contribution in [3.05, 3.63) is 70.6 Å². The first-order valence-electron chi connectivity index (χ1n) is 10.5. The monoisotopic (exact) mass is 393 g/mol. The van der Waals surface area contributed by atoms with Crippen LogP contribution in [0.5, 0.6) is 0 Å². The van der Waals surface area contributed by atoms with Crippen LogP contribution in [0.4, 0.5) is 5.69 Å². The number of nitrogens with zero attached hydrogens (tertiary/aromatic N) is 1. The number of hydrogen-bond donors (Lipinski definition) is 0. The van der Waals surface area contributed by atoms with Crippen LogP contribution in [0.15, 0.2) is 59.5 Å². The SMILES string of the molecule is CCCCCCCCC1S/C(=C\c2ccccc2)C(=O)N1c1ccc(C)cc1. The Morgan fingerprint density at radius 2 is 1.61 bits per heavy atom. The quantitative estimate of drug-likeness (QED) is 0.332. The zero-order chi connectivity index (χ0) is 19.8. The summed E-state index contributed by atoms with van der Waals surface area (Å²) in [4.78, 5) is 16.1. The molecule has 2 aromatic rings. The van der Waals surface area contributed by atoms with Crippen LogP contribution in [0.3, 0.4) is 0 Å². The van der Waals surface area contributed by atoms with Crippen LogP contribution in [-0.2, 0) is 4.79 Å². The number of rotatable bonds is 9. The molecular weight excluding hydrogens is 362 g/mol. The molecule has 28 heavy (non-hydrogen) atoms. The molecule has 0 radical (unpaired) electrons. The van der Waals surface area contributed by atoms with Crippen LogP contribution in [0, 0.1) is 6.92 Å². The molecule has 2 aromatic carbocycles. The van der Waals surface area contributed by atoms with E-state index in [1.807, 2.05) is 29.2 Å². The Hall–Kier alpha value is -2.00. The smallest absolute Gasteiger partial charge is 0.265 e. The summed E-state index contributed by atoms with van der Waals surface area (Å²) in [5.74, 6) is 0.133. The standard InChI is InChI=1S/C25H31NOS/c1-3-4-5-6-7-11-14-24-26(22-17-15-20(2)16-18-22)25(27)23(28-24)19-21-12-9-8-10-13-21/h8-10,12-13,15-19,24H,3-7,11,14H2,1-2H3/b23-19-. The van der Waals surface area contributed by atoms with E-state index in [4.69, 9.17) is 0 Å². The number of unbranched alkanes of at least 4 members (excludes halogenated alkanes) is 5. The number of carbonyl (C=O) groups is 1. The van der Waals surface area contributed by atoms with Crippen molar-refractivity contribution in [3.63, 3.8) is 0 Å². The van der Waals surface area contributed by atoms with Crippen LogP contribution in [-0.4, -0.2) is 11.3 Å². The molecule has 1 unspecified atom stereocenters. The molecule has 148 valence electrons. The third-order valence-corrected chi connectivity index (χ3v) is 6.46. The number of benzene rings is 2. The zero-order valence-electron chi connectivity index (χ0n) is 17.1. The largest absolute Gasteiger partial charge is 0.295 e. The first-order valence-corrected chi connectivity index (χ1v) is 11.4. The highest BCUT2D eigenvalue weighted by atomic mass is 32.2. The maximum atomic E-state index is 13.2. The van der Waals surface area contributed by atoms with Crippen LogP contribution in [0.25, 0.3) is 6.08 Å². The van der Waals surface area contributed by atoms with Gasteiger partial charge in [0.05, 0.1) is 10.3 Å². The van der Waals surface area contributed by atoms with Gasteiger partial charge in [-0.05, 0) is 37.1 Å². The second-order valence-corrected chi connectivity index (χ2v) is 8.78. The molecule has 1 atom stereocenters. The molecule has 1 saturated heterocycles. The highest BCUT2D eigenvalue weighted by molar-refractivity contribution is 8.05. The average molecular weight is 394 g/mol.